The lowest BCUT2D eigenvalue weighted by atomic mass is 9.42. The smallest absolute Gasteiger partial charge is 0.187 e. The van der Waals surface area contributed by atoms with Gasteiger partial charge in [-0.15, -0.1) is 0 Å². The van der Waals surface area contributed by atoms with Gasteiger partial charge >= 0.3 is 0 Å². The Morgan fingerprint density at radius 2 is 0.989 bits per heavy atom. The highest BCUT2D eigenvalue weighted by molar-refractivity contribution is 5.80. The van der Waals surface area contributed by atoms with Gasteiger partial charge in [0.1, 0.15) is 71.9 Å². The number of aliphatic hydroxyl groups is 9. The third-order valence-electron chi connectivity index (χ3n) is 22.0. The molecular formula is C61H100O26. The summed E-state index contributed by atoms with van der Waals surface area (Å²) in [6.45, 7) is 13.7. The summed E-state index contributed by atoms with van der Waals surface area (Å²) in [6, 6.07) is 0. The van der Waals surface area contributed by atoms with Crippen LogP contribution in [-0.4, -0.2) is 270 Å². The van der Waals surface area contributed by atoms with Gasteiger partial charge in [0.2, 0.25) is 0 Å². The van der Waals surface area contributed by atoms with Gasteiger partial charge in [0.25, 0.3) is 0 Å². The fourth-order valence-electron chi connectivity index (χ4n) is 17.0. The Morgan fingerprint density at radius 3 is 1.43 bits per heavy atom. The van der Waals surface area contributed by atoms with Crippen LogP contribution in [0.4, 0.5) is 0 Å². The molecule has 10 aliphatic rings. The lowest BCUT2D eigenvalue weighted by molar-refractivity contribution is -0.359. The van der Waals surface area contributed by atoms with Gasteiger partial charge in [-0.05, 0) is 85.5 Å². The van der Waals surface area contributed by atoms with Crippen molar-refractivity contribution in [3.63, 3.8) is 0 Å². The van der Waals surface area contributed by atoms with Gasteiger partial charge in [-0.25, -0.2) is 0 Å². The Hall–Kier alpha value is -1.59. The van der Waals surface area contributed by atoms with Crippen LogP contribution in [-0.2, 0) is 80.6 Å². The van der Waals surface area contributed by atoms with Crippen LogP contribution in [0.15, 0.2) is 11.6 Å². The van der Waals surface area contributed by atoms with E-state index in [9.17, 15) is 50.8 Å². The molecule has 0 radical (unpaired) electrons. The first-order valence-corrected chi connectivity index (χ1v) is 31.5. The first-order valence-electron chi connectivity index (χ1n) is 31.5. The summed E-state index contributed by atoms with van der Waals surface area (Å²) in [6.07, 6.45) is -17.9. The molecule has 3 saturated carbocycles. The predicted octanol–water partition coefficient (Wildman–Crippen LogP) is 0.532. The van der Waals surface area contributed by atoms with E-state index in [-0.39, 0.29) is 50.4 Å². The number of carbonyl (C=O) groups is 1. The number of ketones is 1. The zero-order chi connectivity index (χ0) is 63.0. The van der Waals surface area contributed by atoms with E-state index in [1.54, 1.807) is 35.2 Å². The minimum atomic E-state index is -2.10. The summed E-state index contributed by atoms with van der Waals surface area (Å²) >= 11 is 0. The Morgan fingerprint density at radius 1 is 0.552 bits per heavy atom. The van der Waals surface area contributed by atoms with Crippen LogP contribution in [0.3, 0.4) is 0 Å². The average Bonchev–Trinajstić information content (AvgIpc) is 1.62. The number of rotatable bonds is 18. The highest BCUT2D eigenvalue weighted by Crippen LogP contribution is 2.69. The molecule has 87 heavy (non-hydrogen) atoms. The van der Waals surface area contributed by atoms with E-state index in [2.05, 4.69) is 0 Å². The van der Waals surface area contributed by atoms with Crippen molar-refractivity contribution >= 4 is 5.78 Å². The summed E-state index contributed by atoms with van der Waals surface area (Å²) in [4.78, 5) is 12.8. The normalized spacial score (nSPS) is 53.8. The fraction of sp³-hybridized carbons (Fsp3) is 0.951. The lowest BCUT2D eigenvalue weighted by Gasteiger charge is -2.66. The molecule has 0 unspecified atom stereocenters. The molecule has 0 amide bonds. The maximum absolute atomic E-state index is 12.8. The fourth-order valence-corrected chi connectivity index (χ4v) is 17.0. The quantitative estimate of drug-likeness (QED) is 0.0846. The topological polar surface area (TPSA) is 347 Å². The summed E-state index contributed by atoms with van der Waals surface area (Å²) in [7, 11) is 6.29. The van der Waals surface area contributed by atoms with Crippen LogP contribution in [0.25, 0.3) is 0 Å². The zero-order valence-electron chi connectivity index (χ0n) is 52.3. The molecule has 9 fully saturated rings. The van der Waals surface area contributed by atoms with E-state index in [0.29, 0.717) is 32.1 Å². The second-order valence-electron chi connectivity index (χ2n) is 26.9. The third kappa shape index (κ3) is 12.5. The van der Waals surface area contributed by atoms with Crippen molar-refractivity contribution < 1.29 is 127 Å². The van der Waals surface area contributed by atoms with E-state index in [0.717, 1.165) is 5.57 Å². The molecule has 6 heterocycles. The molecule has 9 N–H and O–H groups in total. The summed E-state index contributed by atoms with van der Waals surface area (Å²) in [5.41, 5.74) is -4.89. The standard InChI is InChI=1S/C61H100O26/c1-26(63)34-18-43(66)61(71)59(34,8)42(65)24-41-58(7)15-14-33(17-32(58)13-16-60(41,61)70)81-44-19-35(64)52(27(2)76-44)83-45-20-36(72-9)53(28(3)77-45)84-46-21-37(73-10)54(29(4)78-46)85-47-22-38(74-11)55(30(5)79-47)86-48-23-39(75-12)56(31(6)80-48)87-57-51(69)50(68)49(67)40(25-62)82-57/h13,27-31,33-57,62,64-71H,14-25H2,1-12H3/t27-,28-,29-,30-,31-,33+,34+,35-,36-,37-,38+,39-,40-,41-,42-,43-,44+,45+,46+,47+,48+,49-,50-,51-,52-,53-,54-,55-,56-,57+,58+,59+,60+,61-/m1/s1. The van der Waals surface area contributed by atoms with Crippen LogP contribution in [0.1, 0.15) is 126 Å². The van der Waals surface area contributed by atoms with Crippen molar-refractivity contribution in [2.45, 2.75) is 309 Å². The van der Waals surface area contributed by atoms with Gasteiger partial charge in [0, 0.05) is 77.8 Å². The van der Waals surface area contributed by atoms with Crippen molar-refractivity contribution in [3.05, 3.63) is 11.6 Å². The number of hydrogen-bond donors (Lipinski definition) is 9. The summed E-state index contributed by atoms with van der Waals surface area (Å²) < 4.78 is 100. The molecule has 6 saturated heterocycles. The molecule has 26 nitrogen and oxygen atoms in total. The Kier molecular flexibility index (Phi) is 21.2. The van der Waals surface area contributed by atoms with E-state index < -0.39 is 206 Å². The molecule has 500 valence electrons. The number of aliphatic hydroxyl groups excluding tert-OH is 7. The predicted molar refractivity (Wildman–Crippen MR) is 299 cm³/mol. The molecule has 10 rings (SSSR count). The van der Waals surface area contributed by atoms with Crippen molar-refractivity contribution in [1.29, 1.82) is 0 Å². The van der Waals surface area contributed by atoms with Crippen LogP contribution in [0.2, 0.25) is 0 Å². The number of hydrogen-bond acceptors (Lipinski definition) is 26. The SMILES string of the molecule is CO[C@H]1C[C@H](O[C@@H]2[C@@H](C)O[C@@H](O[C@@H]3[C@@H](C)O[C@@H](O[C@H]4[C@H](O)C[C@H](O[C@H]5CC[C@@]6(C)C(=CC[C@]7(O)[C@@H]6C[C@@H](O)[C@]6(C)[C@H](C(C)=O)C[C@@H](O)[C@@]67O)C5)O[C@@H]4C)C[C@H]3OC)C[C@H]2OC)O[C@H](C)[C@H]1O[C@H]1C[C@@H](OC)[C@H](O[C@@H]2O[C@H](CO)[C@@H](O)[C@@H](O)[C@H]2O)[C@@H](C)O1. The van der Waals surface area contributed by atoms with Crippen LogP contribution in [0, 0.1) is 22.7 Å². The van der Waals surface area contributed by atoms with Crippen LogP contribution < -0.4 is 0 Å². The molecule has 26 heteroatoms. The first-order chi connectivity index (χ1) is 41.2. The van der Waals surface area contributed by atoms with E-state index >= 15 is 0 Å². The largest absolute Gasteiger partial charge is 0.394 e. The Labute approximate surface area is 509 Å². The second kappa shape index (κ2) is 27.0. The maximum Gasteiger partial charge on any atom is 0.187 e. The number of carbonyl (C=O) groups excluding carboxylic acids is 1. The monoisotopic (exact) mass is 1250 g/mol. The van der Waals surface area contributed by atoms with Gasteiger partial charge in [-0.3, -0.25) is 4.79 Å². The van der Waals surface area contributed by atoms with Crippen molar-refractivity contribution in [3.8, 4) is 0 Å². The Balaban J connectivity index is 0.679. The number of Topliss-reactive ketones (excluding diaryl/α,β-unsaturated/α-hetero) is 1. The highest BCUT2D eigenvalue weighted by Gasteiger charge is 2.79. The van der Waals surface area contributed by atoms with Gasteiger partial charge in [0.15, 0.2) is 37.7 Å². The molecule has 6 aliphatic heterocycles. The summed E-state index contributed by atoms with van der Waals surface area (Å²) in [5.74, 6) is -1.63. The molecule has 0 aromatic carbocycles. The van der Waals surface area contributed by atoms with Crippen LogP contribution >= 0.6 is 0 Å². The molecule has 0 spiro atoms. The molecule has 0 aromatic heterocycles. The zero-order valence-corrected chi connectivity index (χ0v) is 52.3. The minimum absolute atomic E-state index is 0.0319. The van der Waals surface area contributed by atoms with Gasteiger partial charge in [0.05, 0.1) is 86.0 Å². The van der Waals surface area contributed by atoms with Gasteiger partial charge in [-0.1, -0.05) is 25.5 Å². The van der Waals surface area contributed by atoms with Crippen molar-refractivity contribution in [2.24, 2.45) is 22.7 Å². The Bertz CT molecular complexity index is 2330. The average molecular weight is 1250 g/mol. The number of fused-ring (bicyclic) bond motifs is 5. The molecule has 4 aliphatic carbocycles. The maximum atomic E-state index is 12.8. The van der Waals surface area contributed by atoms with Crippen molar-refractivity contribution in [2.75, 3.05) is 35.0 Å². The van der Waals surface area contributed by atoms with E-state index in [4.69, 9.17) is 75.8 Å². The highest BCUT2D eigenvalue weighted by atomic mass is 16.8. The summed E-state index contributed by atoms with van der Waals surface area (Å²) in [5, 5.41) is 101. The molecule has 34 atom stereocenters. The third-order valence-corrected chi connectivity index (χ3v) is 22.0. The molecule has 0 aromatic rings. The second-order valence-corrected chi connectivity index (χ2v) is 26.9. The van der Waals surface area contributed by atoms with E-state index in [1.165, 1.54) is 14.0 Å². The molecular weight excluding hydrogens is 1150 g/mol. The van der Waals surface area contributed by atoms with Crippen LogP contribution in [0.5, 0.6) is 0 Å². The molecule has 0 bridgehead atoms. The number of methoxy groups -OCH3 is 4. The van der Waals surface area contributed by atoms with Gasteiger partial charge < -0.3 is 122 Å². The lowest BCUT2D eigenvalue weighted by Crippen LogP contribution is -2.78. The minimum Gasteiger partial charge on any atom is -0.394 e. The van der Waals surface area contributed by atoms with Crippen molar-refractivity contribution in [1.82, 2.24) is 0 Å². The van der Waals surface area contributed by atoms with Gasteiger partial charge in [-0.2, -0.15) is 0 Å². The first kappa shape index (κ1) is 68.3. The number of ether oxygens (including phenoxy) is 16. The van der Waals surface area contributed by atoms with E-state index in [1.807, 2.05) is 40.7 Å².